The van der Waals surface area contributed by atoms with E-state index in [0.29, 0.717) is 32.7 Å². The van der Waals surface area contributed by atoms with Gasteiger partial charge < -0.3 is 4.74 Å². The molecule has 1 aromatic heterocycles. The second kappa shape index (κ2) is 6.13. The van der Waals surface area contributed by atoms with E-state index in [9.17, 15) is 13.2 Å². The zero-order valence-corrected chi connectivity index (χ0v) is 12.9. The van der Waals surface area contributed by atoms with Crippen LogP contribution >= 0.6 is 11.6 Å². The molecule has 0 saturated carbocycles. The van der Waals surface area contributed by atoms with Crippen molar-refractivity contribution >= 4 is 28.7 Å². The predicted molar refractivity (Wildman–Crippen MR) is 86.8 cm³/mol. The van der Waals surface area contributed by atoms with E-state index in [2.05, 4.69) is 21.3 Å². The molecular weight excluding hydrogens is 341 g/mol. The highest BCUT2D eigenvalue weighted by Crippen LogP contribution is 2.35. The summed E-state index contributed by atoms with van der Waals surface area (Å²) >= 11 is 6.26. The van der Waals surface area contributed by atoms with Crippen LogP contribution in [0.25, 0.3) is 28.2 Å². The third kappa shape index (κ3) is 3.19. The van der Waals surface area contributed by atoms with Crippen LogP contribution in [-0.2, 0) is 0 Å². The molecule has 0 saturated heterocycles. The number of hydrogen-bond donors (Lipinski definition) is 0. The van der Waals surface area contributed by atoms with E-state index in [1.165, 1.54) is 36.7 Å². The molecule has 0 aliphatic rings. The Morgan fingerprint density at radius 1 is 1.04 bits per heavy atom. The van der Waals surface area contributed by atoms with Gasteiger partial charge >= 0.3 is 6.36 Å². The van der Waals surface area contributed by atoms with E-state index < -0.39 is 6.36 Å². The Kier molecular flexibility index (Phi) is 4.15. The Labute approximate surface area is 140 Å². The Bertz CT molecular complexity index is 908. The van der Waals surface area contributed by atoms with Crippen molar-refractivity contribution in [1.82, 2.24) is 9.97 Å². The third-order valence-electron chi connectivity index (χ3n) is 3.34. The van der Waals surface area contributed by atoms with Gasteiger partial charge in [-0.3, -0.25) is 9.97 Å². The molecule has 24 heavy (non-hydrogen) atoms. The minimum absolute atomic E-state index is 0.296. The molecule has 0 amide bonds. The largest absolute Gasteiger partial charge is 0.573 e. The van der Waals surface area contributed by atoms with Gasteiger partial charge in [-0.05, 0) is 23.8 Å². The van der Waals surface area contributed by atoms with Gasteiger partial charge in [0.15, 0.2) is 0 Å². The molecule has 0 bridgehead atoms. The van der Waals surface area contributed by atoms with Crippen molar-refractivity contribution in [3.05, 3.63) is 59.9 Å². The molecule has 3 rings (SSSR count). The number of hydrogen-bond acceptors (Lipinski definition) is 3. The predicted octanol–water partition coefficient (Wildman–Crippen LogP) is 5.49. The van der Waals surface area contributed by atoms with E-state index in [4.69, 9.17) is 11.6 Å². The minimum atomic E-state index is -4.73. The smallest absolute Gasteiger partial charge is 0.406 e. The lowest BCUT2D eigenvalue weighted by Crippen LogP contribution is -2.16. The van der Waals surface area contributed by atoms with Crippen molar-refractivity contribution in [3.8, 4) is 16.9 Å². The number of rotatable bonds is 3. The topological polar surface area (TPSA) is 35.0 Å². The van der Waals surface area contributed by atoms with E-state index in [-0.39, 0.29) is 5.75 Å². The molecule has 0 aliphatic heterocycles. The van der Waals surface area contributed by atoms with Crippen molar-refractivity contribution in [2.75, 3.05) is 0 Å². The van der Waals surface area contributed by atoms with Gasteiger partial charge in [-0.25, -0.2) is 0 Å². The first kappa shape index (κ1) is 16.3. The summed E-state index contributed by atoms with van der Waals surface area (Å²) in [5.74, 6) is -0.296. The lowest BCUT2D eigenvalue weighted by atomic mass is 10.0. The summed E-state index contributed by atoms with van der Waals surface area (Å²) < 4.78 is 40.6. The first-order valence-corrected chi connectivity index (χ1v) is 7.18. The maximum absolute atomic E-state index is 12.2. The van der Waals surface area contributed by atoms with E-state index in [0.717, 1.165) is 0 Å². The summed E-state index contributed by atoms with van der Waals surface area (Å²) in [5.41, 5.74) is 3.12. The molecule has 0 N–H and O–H groups in total. The summed E-state index contributed by atoms with van der Waals surface area (Å²) in [6.07, 6.45) is -0.0680. The molecule has 0 fully saturated rings. The highest BCUT2D eigenvalue weighted by atomic mass is 35.5. The van der Waals surface area contributed by atoms with Gasteiger partial charge in [-0.1, -0.05) is 36.4 Å². The van der Waals surface area contributed by atoms with Gasteiger partial charge in [0.05, 0.1) is 16.1 Å². The van der Waals surface area contributed by atoms with Gasteiger partial charge in [-0.2, -0.15) is 0 Å². The zero-order chi connectivity index (χ0) is 17.3. The van der Waals surface area contributed by atoms with Crippen LogP contribution < -0.4 is 4.74 Å². The standard InChI is InChI=1S/C17H10ClF3N2O/c1-2-12-14(18)9-13(16-15(12)22-7-8-23-16)10-3-5-11(6-4-10)24-17(19,20)21/h2-9H,1H2. The lowest BCUT2D eigenvalue weighted by molar-refractivity contribution is -0.274. The van der Waals surface area contributed by atoms with Crippen molar-refractivity contribution in [2.45, 2.75) is 6.36 Å². The average molecular weight is 351 g/mol. The fraction of sp³-hybridized carbons (Fsp3) is 0.0588. The maximum Gasteiger partial charge on any atom is 0.573 e. The Balaban J connectivity index is 2.11. The molecule has 7 heteroatoms. The van der Waals surface area contributed by atoms with Gasteiger partial charge in [0.1, 0.15) is 5.75 Å². The van der Waals surface area contributed by atoms with Crippen molar-refractivity contribution in [2.24, 2.45) is 0 Å². The van der Waals surface area contributed by atoms with Crippen molar-refractivity contribution < 1.29 is 17.9 Å². The van der Waals surface area contributed by atoms with Gasteiger partial charge in [0, 0.05) is 23.5 Å². The van der Waals surface area contributed by atoms with Crippen LogP contribution in [0.5, 0.6) is 5.75 Å². The van der Waals surface area contributed by atoms with Gasteiger partial charge in [-0.15, -0.1) is 13.2 Å². The van der Waals surface area contributed by atoms with Crippen molar-refractivity contribution in [3.63, 3.8) is 0 Å². The van der Waals surface area contributed by atoms with E-state index >= 15 is 0 Å². The molecule has 0 radical (unpaired) electrons. The number of aromatic nitrogens is 2. The van der Waals surface area contributed by atoms with Crippen LogP contribution in [0.15, 0.2) is 49.3 Å². The molecule has 0 atom stereocenters. The monoisotopic (exact) mass is 350 g/mol. The number of alkyl halides is 3. The summed E-state index contributed by atoms with van der Waals surface area (Å²) in [5, 5.41) is 0.434. The quantitative estimate of drug-likeness (QED) is 0.626. The normalized spacial score (nSPS) is 11.5. The number of nitrogens with zero attached hydrogens (tertiary/aromatic N) is 2. The van der Waals surface area contributed by atoms with Gasteiger partial charge in [0.25, 0.3) is 0 Å². The summed E-state index contributed by atoms with van der Waals surface area (Å²) in [6, 6.07) is 7.18. The number of halogens is 4. The Hall–Kier alpha value is -2.60. The fourth-order valence-corrected chi connectivity index (χ4v) is 2.64. The summed E-state index contributed by atoms with van der Waals surface area (Å²) in [7, 11) is 0. The number of benzene rings is 2. The van der Waals surface area contributed by atoms with Crippen molar-refractivity contribution in [1.29, 1.82) is 0 Å². The number of fused-ring (bicyclic) bond motifs is 1. The third-order valence-corrected chi connectivity index (χ3v) is 3.65. The molecule has 3 nitrogen and oxygen atoms in total. The Morgan fingerprint density at radius 3 is 2.25 bits per heavy atom. The van der Waals surface area contributed by atoms with Crippen LogP contribution in [0.1, 0.15) is 5.56 Å². The first-order valence-electron chi connectivity index (χ1n) is 6.81. The second-order valence-corrected chi connectivity index (χ2v) is 5.26. The highest BCUT2D eigenvalue weighted by molar-refractivity contribution is 6.33. The Morgan fingerprint density at radius 2 is 1.67 bits per heavy atom. The minimum Gasteiger partial charge on any atom is -0.406 e. The fourth-order valence-electron chi connectivity index (χ4n) is 2.37. The maximum atomic E-state index is 12.2. The van der Waals surface area contributed by atoms with E-state index in [1.54, 1.807) is 12.1 Å². The average Bonchev–Trinajstić information content (AvgIpc) is 2.53. The number of ether oxygens (including phenoxy) is 1. The first-order chi connectivity index (χ1) is 11.4. The molecule has 1 heterocycles. The molecule has 3 aromatic rings. The van der Waals surface area contributed by atoms with Crippen LogP contribution in [0.4, 0.5) is 13.2 Å². The molecule has 0 unspecified atom stereocenters. The van der Waals surface area contributed by atoms with Crippen LogP contribution in [0, 0.1) is 0 Å². The summed E-state index contributed by atoms with van der Waals surface area (Å²) in [4.78, 5) is 8.58. The van der Waals surface area contributed by atoms with E-state index in [1.807, 2.05) is 0 Å². The second-order valence-electron chi connectivity index (χ2n) is 4.85. The van der Waals surface area contributed by atoms with Crippen LogP contribution in [-0.4, -0.2) is 16.3 Å². The molecule has 2 aromatic carbocycles. The molecule has 0 spiro atoms. The molecular formula is C17H10ClF3N2O. The van der Waals surface area contributed by atoms with Crippen LogP contribution in [0.3, 0.4) is 0 Å². The SMILES string of the molecule is C=Cc1c(Cl)cc(-c2ccc(OC(F)(F)F)cc2)c2nccnc12. The van der Waals surface area contributed by atoms with Crippen LogP contribution in [0.2, 0.25) is 5.02 Å². The molecule has 0 aliphatic carbocycles. The lowest BCUT2D eigenvalue weighted by Gasteiger charge is -2.12. The highest BCUT2D eigenvalue weighted by Gasteiger charge is 2.31. The van der Waals surface area contributed by atoms with Gasteiger partial charge in [0.2, 0.25) is 0 Å². The molecule has 122 valence electrons. The summed E-state index contributed by atoms with van der Waals surface area (Å²) in [6.45, 7) is 3.71. The zero-order valence-electron chi connectivity index (χ0n) is 12.1.